The fraction of sp³-hybridized carbons (Fsp3) is 0.429. The first-order valence-electron chi connectivity index (χ1n) is 6.37. The molecular weight excluding hydrogens is 260 g/mol. The van der Waals surface area contributed by atoms with Crippen LogP contribution in [-0.4, -0.2) is 35.5 Å². The van der Waals surface area contributed by atoms with Crippen LogP contribution in [0.15, 0.2) is 24.3 Å². The summed E-state index contributed by atoms with van der Waals surface area (Å²) in [6.45, 7) is 3.97. The number of amides is 1. The third kappa shape index (κ3) is 3.44. The lowest BCUT2D eigenvalue weighted by Crippen LogP contribution is -2.30. The molecule has 0 saturated carbocycles. The second-order valence-electron chi connectivity index (χ2n) is 4.86. The lowest BCUT2D eigenvalue weighted by Gasteiger charge is -2.17. The summed E-state index contributed by atoms with van der Waals surface area (Å²) < 4.78 is 5.68. The van der Waals surface area contributed by atoms with E-state index in [4.69, 9.17) is 22.7 Å². The first-order valence-corrected chi connectivity index (χ1v) is 6.78. The monoisotopic (exact) mass is 278 g/mol. The zero-order valence-corrected chi connectivity index (χ0v) is 11.8. The van der Waals surface area contributed by atoms with E-state index >= 15 is 0 Å². The maximum absolute atomic E-state index is 11.6. The highest BCUT2D eigenvalue weighted by Crippen LogP contribution is 2.19. The molecule has 5 heteroatoms. The summed E-state index contributed by atoms with van der Waals surface area (Å²) in [5, 5.41) is 0. The lowest BCUT2D eigenvalue weighted by atomic mass is 10.2. The van der Waals surface area contributed by atoms with Crippen LogP contribution in [0.25, 0.3) is 0 Å². The minimum Gasteiger partial charge on any atom is -0.491 e. The summed E-state index contributed by atoms with van der Waals surface area (Å²) >= 11 is 4.97. The van der Waals surface area contributed by atoms with Crippen molar-refractivity contribution in [3.8, 4) is 5.75 Å². The van der Waals surface area contributed by atoms with Gasteiger partial charge in [0, 0.05) is 13.0 Å². The van der Waals surface area contributed by atoms with Crippen LogP contribution in [0, 0.1) is 5.92 Å². The average Bonchev–Trinajstić information content (AvgIpc) is 2.68. The number of ether oxygens (including phenoxy) is 1. The van der Waals surface area contributed by atoms with Crippen molar-refractivity contribution in [2.75, 3.05) is 19.7 Å². The Hall–Kier alpha value is -1.62. The van der Waals surface area contributed by atoms with Crippen LogP contribution >= 0.6 is 12.2 Å². The SMILES string of the molecule is CC1CC(=O)N(CCOc2ccccc2C(N)=S)C1. The van der Waals surface area contributed by atoms with Gasteiger partial charge in [0.05, 0.1) is 12.1 Å². The zero-order chi connectivity index (χ0) is 13.8. The minimum atomic E-state index is 0.207. The Bertz CT molecular complexity index is 490. The summed E-state index contributed by atoms with van der Waals surface area (Å²) in [6.07, 6.45) is 0.642. The number of rotatable bonds is 5. The first-order chi connectivity index (χ1) is 9.08. The van der Waals surface area contributed by atoms with E-state index in [0.29, 0.717) is 36.2 Å². The number of hydrogen-bond acceptors (Lipinski definition) is 3. The van der Waals surface area contributed by atoms with Gasteiger partial charge in [-0.3, -0.25) is 4.79 Å². The number of para-hydroxylation sites is 1. The predicted molar refractivity (Wildman–Crippen MR) is 78.2 cm³/mol. The topological polar surface area (TPSA) is 55.6 Å². The first kappa shape index (κ1) is 13.8. The molecule has 1 unspecified atom stereocenters. The van der Waals surface area contributed by atoms with Gasteiger partial charge in [0.1, 0.15) is 17.3 Å². The number of thiocarbonyl (C=S) groups is 1. The second-order valence-corrected chi connectivity index (χ2v) is 5.30. The van der Waals surface area contributed by atoms with Crippen LogP contribution in [0.1, 0.15) is 18.9 Å². The van der Waals surface area contributed by atoms with E-state index in [2.05, 4.69) is 6.92 Å². The Labute approximate surface area is 118 Å². The predicted octanol–water partition coefficient (Wildman–Crippen LogP) is 1.57. The van der Waals surface area contributed by atoms with Gasteiger partial charge in [-0.25, -0.2) is 0 Å². The maximum atomic E-state index is 11.6. The Kier molecular flexibility index (Phi) is 4.37. The molecule has 0 radical (unpaired) electrons. The lowest BCUT2D eigenvalue weighted by molar-refractivity contribution is -0.128. The van der Waals surface area contributed by atoms with E-state index in [1.165, 1.54) is 0 Å². The smallest absolute Gasteiger partial charge is 0.223 e. The number of nitrogens with two attached hydrogens (primary N) is 1. The average molecular weight is 278 g/mol. The van der Waals surface area contributed by atoms with Crippen molar-refractivity contribution in [3.05, 3.63) is 29.8 Å². The minimum absolute atomic E-state index is 0.207. The molecule has 2 rings (SSSR count). The van der Waals surface area contributed by atoms with E-state index in [0.717, 1.165) is 12.1 Å². The van der Waals surface area contributed by atoms with Crippen LogP contribution < -0.4 is 10.5 Å². The van der Waals surface area contributed by atoms with E-state index in [1.54, 1.807) is 0 Å². The molecule has 1 saturated heterocycles. The van der Waals surface area contributed by atoms with Crippen LogP contribution in [0.2, 0.25) is 0 Å². The summed E-state index contributed by atoms with van der Waals surface area (Å²) in [6, 6.07) is 7.41. The van der Waals surface area contributed by atoms with Gasteiger partial charge in [-0.1, -0.05) is 31.3 Å². The van der Waals surface area contributed by atoms with Crippen LogP contribution in [0.3, 0.4) is 0 Å². The standard InChI is InChI=1S/C14H18N2O2S/c1-10-8-13(17)16(9-10)6-7-18-12-5-3-2-4-11(12)14(15)19/h2-5,10H,6-9H2,1H3,(H2,15,19). The van der Waals surface area contributed by atoms with E-state index in [9.17, 15) is 4.79 Å². The molecular formula is C14H18N2O2S. The summed E-state index contributed by atoms with van der Waals surface area (Å²) in [4.78, 5) is 13.8. The molecule has 1 fully saturated rings. The number of likely N-dealkylation sites (tertiary alicyclic amines) is 1. The van der Waals surface area contributed by atoms with Crippen LogP contribution in [0.5, 0.6) is 5.75 Å². The van der Waals surface area contributed by atoms with Gasteiger partial charge in [-0.15, -0.1) is 0 Å². The van der Waals surface area contributed by atoms with Gasteiger partial charge < -0.3 is 15.4 Å². The molecule has 2 N–H and O–H groups in total. The Morgan fingerprint density at radius 2 is 2.26 bits per heavy atom. The van der Waals surface area contributed by atoms with Crippen LogP contribution in [-0.2, 0) is 4.79 Å². The van der Waals surface area contributed by atoms with Crippen molar-refractivity contribution >= 4 is 23.1 Å². The van der Waals surface area contributed by atoms with Crippen molar-refractivity contribution in [3.63, 3.8) is 0 Å². The number of hydrogen-bond donors (Lipinski definition) is 1. The molecule has 0 bridgehead atoms. The maximum Gasteiger partial charge on any atom is 0.223 e. The van der Waals surface area contributed by atoms with Gasteiger partial charge in [0.2, 0.25) is 5.91 Å². The third-order valence-corrected chi connectivity index (χ3v) is 3.40. The highest BCUT2D eigenvalue weighted by molar-refractivity contribution is 7.80. The fourth-order valence-corrected chi connectivity index (χ4v) is 2.42. The van der Waals surface area contributed by atoms with E-state index in [1.807, 2.05) is 29.2 Å². The molecule has 102 valence electrons. The summed E-state index contributed by atoms with van der Waals surface area (Å²) in [7, 11) is 0. The van der Waals surface area contributed by atoms with Crippen molar-refractivity contribution < 1.29 is 9.53 Å². The Morgan fingerprint density at radius 3 is 2.89 bits per heavy atom. The van der Waals surface area contributed by atoms with Crippen molar-refractivity contribution in [2.45, 2.75) is 13.3 Å². The molecule has 0 aliphatic carbocycles. The Balaban J connectivity index is 1.89. The van der Waals surface area contributed by atoms with Crippen molar-refractivity contribution in [1.82, 2.24) is 4.90 Å². The number of carbonyl (C=O) groups is 1. The third-order valence-electron chi connectivity index (χ3n) is 3.18. The molecule has 1 atom stereocenters. The fourth-order valence-electron chi connectivity index (χ4n) is 2.25. The molecule has 0 spiro atoms. The van der Waals surface area contributed by atoms with Gasteiger partial charge >= 0.3 is 0 Å². The quantitative estimate of drug-likeness (QED) is 0.831. The highest BCUT2D eigenvalue weighted by Gasteiger charge is 2.25. The largest absolute Gasteiger partial charge is 0.491 e. The molecule has 0 aromatic heterocycles. The number of carbonyl (C=O) groups excluding carboxylic acids is 1. The highest BCUT2D eigenvalue weighted by atomic mass is 32.1. The zero-order valence-electron chi connectivity index (χ0n) is 11.0. The second kappa shape index (κ2) is 6.02. The molecule has 1 aliphatic rings. The summed E-state index contributed by atoms with van der Waals surface area (Å²) in [5.41, 5.74) is 6.37. The molecule has 1 aromatic carbocycles. The molecule has 1 amide bonds. The van der Waals surface area contributed by atoms with Gasteiger partial charge in [-0.2, -0.15) is 0 Å². The van der Waals surface area contributed by atoms with E-state index in [-0.39, 0.29) is 5.91 Å². The van der Waals surface area contributed by atoms with Gasteiger partial charge in [0.15, 0.2) is 0 Å². The normalized spacial score (nSPS) is 18.7. The van der Waals surface area contributed by atoms with E-state index < -0.39 is 0 Å². The molecule has 1 heterocycles. The van der Waals surface area contributed by atoms with Crippen molar-refractivity contribution in [2.24, 2.45) is 11.7 Å². The molecule has 1 aromatic rings. The van der Waals surface area contributed by atoms with Gasteiger partial charge in [0.25, 0.3) is 0 Å². The van der Waals surface area contributed by atoms with Gasteiger partial charge in [-0.05, 0) is 18.1 Å². The van der Waals surface area contributed by atoms with Crippen LogP contribution in [0.4, 0.5) is 0 Å². The Morgan fingerprint density at radius 1 is 1.53 bits per heavy atom. The molecule has 4 nitrogen and oxygen atoms in total. The molecule has 1 aliphatic heterocycles. The number of benzene rings is 1. The van der Waals surface area contributed by atoms with Crippen molar-refractivity contribution in [1.29, 1.82) is 0 Å². The summed E-state index contributed by atoms with van der Waals surface area (Å²) in [5.74, 6) is 1.32. The number of nitrogens with zero attached hydrogens (tertiary/aromatic N) is 1. The molecule has 19 heavy (non-hydrogen) atoms.